The summed E-state index contributed by atoms with van der Waals surface area (Å²) in [6, 6.07) is 6.09. The number of para-hydroxylation sites is 1. The molecule has 214 valence electrons. The zero-order valence-electron chi connectivity index (χ0n) is 22.9. The van der Waals surface area contributed by atoms with Crippen molar-refractivity contribution in [3.05, 3.63) is 49.6 Å². The van der Waals surface area contributed by atoms with Gasteiger partial charge in [0, 0.05) is 11.8 Å². The SMILES string of the molecule is C=CCCCCOC(=O)[C@@H]1[C@@H]2CCC3(S2)C(C(=O)N(CC=C)Cn2nnc4ccccc42)N([C@H](C)CO)C(=O)[C@H]13. The lowest BCUT2D eigenvalue weighted by Crippen LogP contribution is -2.57. The van der Waals surface area contributed by atoms with Crippen LogP contribution in [-0.2, 0) is 25.8 Å². The maximum absolute atomic E-state index is 14.5. The van der Waals surface area contributed by atoms with Crippen LogP contribution in [0.25, 0.3) is 11.0 Å². The summed E-state index contributed by atoms with van der Waals surface area (Å²) in [5.41, 5.74) is 1.50. The van der Waals surface area contributed by atoms with Gasteiger partial charge in [-0.05, 0) is 51.2 Å². The quantitative estimate of drug-likeness (QED) is 0.223. The summed E-state index contributed by atoms with van der Waals surface area (Å²) in [4.78, 5) is 45.0. The third kappa shape index (κ3) is 4.72. The fraction of sp³-hybridized carbons (Fsp3) is 0.552. The molecule has 2 unspecified atom stereocenters. The van der Waals surface area contributed by atoms with Crippen LogP contribution in [0, 0.1) is 11.8 Å². The number of fused-ring (bicyclic) bond motifs is 2. The Hall–Kier alpha value is -3.18. The van der Waals surface area contributed by atoms with Crippen LogP contribution >= 0.6 is 11.8 Å². The molecule has 3 fully saturated rings. The minimum atomic E-state index is -0.831. The fourth-order valence-corrected chi connectivity index (χ4v) is 8.78. The lowest BCUT2D eigenvalue weighted by Gasteiger charge is -2.38. The smallest absolute Gasteiger partial charge is 0.310 e. The van der Waals surface area contributed by atoms with Crippen LogP contribution in [0.15, 0.2) is 49.6 Å². The lowest BCUT2D eigenvalue weighted by atomic mass is 9.71. The highest BCUT2D eigenvalue weighted by Gasteiger charge is 2.74. The second-order valence-electron chi connectivity index (χ2n) is 10.9. The molecule has 0 aliphatic carbocycles. The van der Waals surface area contributed by atoms with Crippen molar-refractivity contribution in [1.29, 1.82) is 0 Å². The van der Waals surface area contributed by atoms with Crippen LogP contribution in [0.3, 0.4) is 0 Å². The van der Waals surface area contributed by atoms with Crippen LogP contribution in [0.4, 0.5) is 0 Å². The van der Waals surface area contributed by atoms with Gasteiger partial charge in [-0.3, -0.25) is 14.4 Å². The van der Waals surface area contributed by atoms with E-state index in [1.807, 2.05) is 30.3 Å². The molecule has 6 atom stereocenters. The number of esters is 1. The zero-order valence-corrected chi connectivity index (χ0v) is 23.7. The number of hydrogen-bond acceptors (Lipinski definition) is 8. The standard InChI is InChI=1S/C29H37N5O5S/c1-4-6-7-10-16-39-28(38)23-22-13-14-29(40-22)24(23)26(36)34(19(3)17-35)25(29)27(37)32(15-5-2)18-33-21-12-9-8-11-20(21)30-31-33/h4-5,8-9,11-12,19,22-25,35H,1-2,6-7,10,13-18H2,3H3/t19-,22+,23-,24+,25?,29?/m1/s1. The molecule has 5 rings (SSSR count). The van der Waals surface area contributed by atoms with Gasteiger partial charge in [-0.1, -0.05) is 29.5 Å². The van der Waals surface area contributed by atoms with E-state index in [9.17, 15) is 19.5 Å². The summed E-state index contributed by atoms with van der Waals surface area (Å²) < 4.78 is 6.56. The van der Waals surface area contributed by atoms with E-state index in [4.69, 9.17) is 4.74 Å². The number of aliphatic hydroxyl groups is 1. The van der Waals surface area contributed by atoms with Crippen LogP contribution in [-0.4, -0.2) is 89.5 Å². The number of carbonyl (C=O) groups is 3. The molecule has 1 aromatic heterocycles. The number of aliphatic hydroxyl groups excluding tert-OH is 1. The summed E-state index contributed by atoms with van der Waals surface area (Å²) in [7, 11) is 0. The van der Waals surface area contributed by atoms with Gasteiger partial charge in [-0.2, -0.15) is 0 Å². The number of aromatic nitrogens is 3. The first kappa shape index (κ1) is 28.4. The maximum Gasteiger partial charge on any atom is 0.310 e. The molecule has 11 heteroatoms. The van der Waals surface area contributed by atoms with Gasteiger partial charge in [0.15, 0.2) is 0 Å². The number of amides is 2. The van der Waals surface area contributed by atoms with E-state index in [1.165, 1.54) is 4.90 Å². The molecule has 1 aromatic carbocycles. The first-order chi connectivity index (χ1) is 19.4. The Morgan fingerprint density at radius 1 is 1.30 bits per heavy atom. The van der Waals surface area contributed by atoms with Crippen molar-refractivity contribution in [3.63, 3.8) is 0 Å². The normalized spacial score (nSPS) is 27.6. The number of rotatable bonds is 13. The van der Waals surface area contributed by atoms with Crippen LogP contribution in [0.2, 0.25) is 0 Å². The molecule has 10 nitrogen and oxygen atoms in total. The van der Waals surface area contributed by atoms with E-state index in [1.54, 1.807) is 34.3 Å². The first-order valence-corrected chi connectivity index (χ1v) is 14.8. The lowest BCUT2D eigenvalue weighted by molar-refractivity contribution is -0.154. The number of allylic oxidation sites excluding steroid dienone is 1. The van der Waals surface area contributed by atoms with Crippen LogP contribution in [0.5, 0.6) is 0 Å². The van der Waals surface area contributed by atoms with Gasteiger partial charge < -0.3 is 19.6 Å². The number of nitrogens with zero attached hydrogens (tertiary/aromatic N) is 5. The molecule has 0 radical (unpaired) electrons. The highest BCUT2D eigenvalue weighted by molar-refractivity contribution is 8.02. The van der Waals surface area contributed by atoms with E-state index in [0.29, 0.717) is 13.0 Å². The molecule has 2 bridgehead atoms. The van der Waals surface area contributed by atoms with E-state index in [0.717, 1.165) is 36.7 Å². The highest BCUT2D eigenvalue weighted by atomic mass is 32.2. The highest BCUT2D eigenvalue weighted by Crippen LogP contribution is 2.66. The molecule has 4 heterocycles. The minimum Gasteiger partial charge on any atom is -0.465 e. The molecule has 40 heavy (non-hydrogen) atoms. The first-order valence-electron chi connectivity index (χ1n) is 13.9. The van der Waals surface area contributed by atoms with Crippen molar-refractivity contribution in [2.75, 3.05) is 19.8 Å². The molecule has 1 spiro atoms. The Labute approximate surface area is 238 Å². The number of unbranched alkanes of at least 4 members (excludes halogenated alkanes) is 2. The average molecular weight is 568 g/mol. The van der Waals surface area contributed by atoms with E-state index in [2.05, 4.69) is 23.5 Å². The van der Waals surface area contributed by atoms with E-state index in [-0.39, 0.29) is 42.9 Å². The van der Waals surface area contributed by atoms with Crippen molar-refractivity contribution < 1.29 is 24.2 Å². The van der Waals surface area contributed by atoms with Gasteiger partial charge in [0.1, 0.15) is 18.2 Å². The topological polar surface area (TPSA) is 118 Å². The zero-order chi connectivity index (χ0) is 28.4. The number of thioether (sulfide) groups is 1. The molecule has 0 saturated carbocycles. The van der Waals surface area contributed by atoms with Gasteiger partial charge in [-0.15, -0.1) is 30.0 Å². The Morgan fingerprint density at radius 2 is 2.10 bits per heavy atom. The van der Waals surface area contributed by atoms with Crippen molar-refractivity contribution >= 4 is 40.6 Å². The number of hydrogen-bond donors (Lipinski definition) is 1. The summed E-state index contributed by atoms with van der Waals surface area (Å²) in [6.45, 7) is 9.68. The van der Waals surface area contributed by atoms with Gasteiger partial charge in [0.2, 0.25) is 11.8 Å². The molecule has 3 aliphatic heterocycles. The third-order valence-electron chi connectivity index (χ3n) is 8.42. The Balaban J connectivity index is 1.44. The molecule has 3 saturated heterocycles. The number of carbonyl (C=O) groups excluding carboxylic acids is 3. The Bertz CT molecular complexity index is 1300. The van der Waals surface area contributed by atoms with Crippen molar-refractivity contribution in [2.24, 2.45) is 11.8 Å². The molecular formula is C29H37N5O5S. The van der Waals surface area contributed by atoms with Crippen LogP contribution in [0.1, 0.15) is 39.0 Å². The summed E-state index contributed by atoms with van der Waals surface area (Å²) in [5.74, 6) is -2.14. The van der Waals surface area contributed by atoms with Crippen molar-refractivity contribution in [3.8, 4) is 0 Å². The molecule has 1 N–H and O–H groups in total. The molecule has 2 amide bonds. The number of benzene rings is 1. The second-order valence-corrected chi connectivity index (χ2v) is 12.5. The fourth-order valence-electron chi connectivity index (χ4n) is 6.59. The minimum absolute atomic E-state index is 0.0800. The molecule has 3 aliphatic rings. The van der Waals surface area contributed by atoms with Gasteiger partial charge in [0.25, 0.3) is 0 Å². The third-order valence-corrected chi connectivity index (χ3v) is 10.4. The average Bonchev–Trinajstić information content (AvgIpc) is 3.71. The summed E-state index contributed by atoms with van der Waals surface area (Å²) >= 11 is 1.58. The maximum atomic E-state index is 14.5. The molecular weight excluding hydrogens is 530 g/mol. The predicted molar refractivity (Wildman–Crippen MR) is 152 cm³/mol. The number of likely N-dealkylation sites (tertiary alicyclic amines) is 1. The van der Waals surface area contributed by atoms with Crippen molar-refractivity contribution in [1.82, 2.24) is 24.8 Å². The van der Waals surface area contributed by atoms with E-state index < -0.39 is 28.7 Å². The van der Waals surface area contributed by atoms with Gasteiger partial charge >= 0.3 is 5.97 Å². The van der Waals surface area contributed by atoms with Gasteiger partial charge in [-0.25, -0.2) is 4.68 Å². The van der Waals surface area contributed by atoms with E-state index >= 15 is 0 Å². The largest absolute Gasteiger partial charge is 0.465 e. The number of ether oxygens (including phenoxy) is 1. The molecule has 2 aromatic rings. The second kappa shape index (κ2) is 11.7. The summed E-state index contributed by atoms with van der Waals surface area (Å²) in [5, 5.41) is 18.5. The van der Waals surface area contributed by atoms with Crippen molar-refractivity contribution in [2.45, 2.75) is 67.8 Å². The van der Waals surface area contributed by atoms with Gasteiger partial charge in [0.05, 0.1) is 41.4 Å². The van der Waals surface area contributed by atoms with Crippen LogP contribution < -0.4 is 0 Å². The summed E-state index contributed by atoms with van der Waals surface area (Å²) in [6.07, 6.45) is 7.32. The monoisotopic (exact) mass is 567 g/mol. The predicted octanol–water partition coefficient (Wildman–Crippen LogP) is 2.77. The Morgan fingerprint density at radius 3 is 2.85 bits per heavy atom. The Kier molecular flexibility index (Phi) is 8.32.